The first kappa shape index (κ1) is 24.4. The number of hydrogen-bond acceptors (Lipinski definition) is 7. The first-order valence-corrected chi connectivity index (χ1v) is 11.9. The molecule has 11 heteroatoms. The Labute approximate surface area is 214 Å². The van der Waals surface area contributed by atoms with Gasteiger partial charge in [-0.1, -0.05) is 0 Å². The third-order valence-electron chi connectivity index (χ3n) is 7.19. The van der Waals surface area contributed by atoms with Gasteiger partial charge in [0, 0.05) is 46.6 Å². The standard InChI is InChI=1S/C27H23F2N3O6/c1-27(37-2)10-19(33)23(34)26(38-27)31-16-5-3-11(28)7-13(16)14-9-18-20(22-21(14)24(35)32-25(22)36)15-8-12(29)4-6-17(15)30-18/h3-9,19,23,26,30-31,33-34H,10H2,1-2H3,(H,32,35,36). The van der Waals surface area contributed by atoms with E-state index in [2.05, 4.69) is 15.6 Å². The number of hydrogen-bond donors (Lipinski definition) is 5. The van der Waals surface area contributed by atoms with Crippen molar-refractivity contribution in [2.75, 3.05) is 12.4 Å². The summed E-state index contributed by atoms with van der Waals surface area (Å²) in [6, 6.07) is 9.44. The molecule has 0 spiro atoms. The molecule has 5 N–H and O–H groups in total. The number of aliphatic hydroxyl groups excluding tert-OH is 2. The number of amides is 2. The number of halogens is 2. The normalized spacial score (nSPS) is 25.2. The second-order valence-corrected chi connectivity index (χ2v) is 9.67. The monoisotopic (exact) mass is 523 g/mol. The molecule has 1 saturated heterocycles. The highest BCUT2D eigenvalue weighted by atomic mass is 19.1. The van der Waals surface area contributed by atoms with E-state index in [-0.39, 0.29) is 34.4 Å². The Balaban J connectivity index is 1.55. The number of rotatable bonds is 4. The minimum absolute atomic E-state index is 0.00758. The average Bonchev–Trinajstić information content (AvgIpc) is 3.38. The van der Waals surface area contributed by atoms with Crippen molar-refractivity contribution in [1.29, 1.82) is 0 Å². The van der Waals surface area contributed by atoms with Crippen molar-refractivity contribution in [2.45, 2.75) is 37.6 Å². The van der Waals surface area contributed by atoms with E-state index in [1.54, 1.807) is 13.0 Å². The number of anilines is 1. The molecule has 2 amide bonds. The summed E-state index contributed by atoms with van der Waals surface area (Å²) >= 11 is 0. The van der Waals surface area contributed by atoms with Crippen molar-refractivity contribution in [2.24, 2.45) is 0 Å². The van der Waals surface area contributed by atoms with Crippen LogP contribution >= 0.6 is 0 Å². The Bertz CT molecular complexity index is 1650. The van der Waals surface area contributed by atoms with Gasteiger partial charge >= 0.3 is 0 Å². The van der Waals surface area contributed by atoms with Gasteiger partial charge in [-0.05, 0) is 55.0 Å². The number of aromatic nitrogens is 1. The second-order valence-electron chi connectivity index (χ2n) is 9.67. The highest BCUT2D eigenvalue weighted by molar-refractivity contribution is 6.32. The Morgan fingerprint density at radius 1 is 1.00 bits per heavy atom. The van der Waals surface area contributed by atoms with Gasteiger partial charge in [0.25, 0.3) is 11.8 Å². The van der Waals surface area contributed by atoms with E-state index in [1.807, 2.05) is 0 Å². The van der Waals surface area contributed by atoms with Crippen molar-refractivity contribution >= 4 is 39.3 Å². The van der Waals surface area contributed by atoms with Crippen LogP contribution in [0.1, 0.15) is 34.1 Å². The molecule has 9 nitrogen and oxygen atoms in total. The van der Waals surface area contributed by atoms with Gasteiger partial charge in [0.15, 0.2) is 12.0 Å². The molecule has 2 aliphatic rings. The maximum atomic E-state index is 14.6. The van der Waals surface area contributed by atoms with Gasteiger partial charge in [-0.3, -0.25) is 14.9 Å². The third kappa shape index (κ3) is 3.74. The van der Waals surface area contributed by atoms with Gasteiger partial charge in [-0.2, -0.15) is 0 Å². The SMILES string of the molecule is COC1(C)CC(O)C(O)C(Nc2ccc(F)cc2-c2cc3[nH]c4ccc(F)cc4c3c3c2C(=O)NC3=O)O1. The van der Waals surface area contributed by atoms with Crippen molar-refractivity contribution in [3.63, 3.8) is 0 Å². The Kier molecular flexibility index (Phi) is 5.51. The van der Waals surface area contributed by atoms with Gasteiger partial charge in [-0.25, -0.2) is 8.78 Å². The summed E-state index contributed by atoms with van der Waals surface area (Å²) in [6.07, 6.45) is -3.66. The van der Waals surface area contributed by atoms with Crippen LogP contribution in [0.5, 0.6) is 0 Å². The molecule has 2 aliphatic heterocycles. The van der Waals surface area contributed by atoms with E-state index in [0.717, 1.165) is 0 Å². The zero-order chi connectivity index (χ0) is 26.9. The molecule has 3 aromatic carbocycles. The van der Waals surface area contributed by atoms with Crippen LogP contribution < -0.4 is 10.6 Å². The van der Waals surface area contributed by atoms with Gasteiger partial charge in [0.1, 0.15) is 17.7 Å². The van der Waals surface area contributed by atoms with Gasteiger partial charge in [0.05, 0.1) is 17.2 Å². The van der Waals surface area contributed by atoms with Crippen LogP contribution in [0.3, 0.4) is 0 Å². The lowest BCUT2D eigenvalue weighted by atomic mass is 9.91. The van der Waals surface area contributed by atoms with Gasteiger partial charge in [-0.15, -0.1) is 0 Å². The van der Waals surface area contributed by atoms with Gasteiger partial charge in [0.2, 0.25) is 0 Å². The summed E-state index contributed by atoms with van der Waals surface area (Å²) < 4.78 is 39.9. The number of fused-ring (bicyclic) bond motifs is 5. The van der Waals surface area contributed by atoms with Crippen molar-refractivity contribution < 1.29 is 38.1 Å². The fourth-order valence-corrected chi connectivity index (χ4v) is 5.30. The summed E-state index contributed by atoms with van der Waals surface area (Å²) in [5.74, 6) is -3.66. The number of methoxy groups -OCH3 is 1. The molecule has 38 heavy (non-hydrogen) atoms. The van der Waals surface area contributed by atoms with E-state index in [1.165, 1.54) is 43.5 Å². The molecular formula is C27H23F2N3O6. The predicted molar refractivity (Wildman–Crippen MR) is 133 cm³/mol. The van der Waals surface area contributed by atoms with Crippen LogP contribution in [-0.2, 0) is 9.47 Å². The topological polar surface area (TPSA) is 133 Å². The highest BCUT2D eigenvalue weighted by Crippen LogP contribution is 2.42. The van der Waals surface area contributed by atoms with Crippen molar-refractivity contribution in [3.05, 3.63) is 65.2 Å². The lowest BCUT2D eigenvalue weighted by Crippen LogP contribution is -2.56. The number of carbonyl (C=O) groups excluding carboxylic acids is 2. The molecule has 6 rings (SSSR count). The number of ether oxygens (including phenoxy) is 2. The minimum atomic E-state index is -1.35. The zero-order valence-electron chi connectivity index (χ0n) is 20.3. The van der Waals surface area contributed by atoms with E-state index < -0.39 is 47.7 Å². The molecule has 0 bridgehead atoms. The lowest BCUT2D eigenvalue weighted by molar-refractivity contribution is -0.295. The summed E-state index contributed by atoms with van der Waals surface area (Å²) in [5, 5.41) is 27.1. The molecule has 4 atom stereocenters. The van der Waals surface area contributed by atoms with Crippen LogP contribution in [0.15, 0.2) is 42.5 Å². The van der Waals surface area contributed by atoms with E-state index in [9.17, 15) is 28.6 Å². The first-order chi connectivity index (χ1) is 18.1. The summed E-state index contributed by atoms with van der Waals surface area (Å²) in [4.78, 5) is 29.1. The number of carbonyl (C=O) groups is 2. The number of benzene rings is 3. The summed E-state index contributed by atoms with van der Waals surface area (Å²) in [5.41, 5.74) is 1.74. The highest BCUT2D eigenvalue weighted by Gasteiger charge is 2.44. The van der Waals surface area contributed by atoms with E-state index >= 15 is 0 Å². The number of aliphatic hydroxyl groups is 2. The molecule has 4 aromatic rings. The van der Waals surface area contributed by atoms with Crippen molar-refractivity contribution in [1.82, 2.24) is 10.3 Å². The number of H-pyrrole nitrogens is 1. The van der Waals surface area contributed by atoms with Crippen LogP contribution in [-0.4, -0.2) is 58.3 Å². The smallest absolute Gasteiger partial charge is 0.259 e. The van der Waals surface area contributed by atoms with E-state index in [0.29, 0.717) is 21.8 Å². The summed E-state index contributed by atoms with van der Waals surface area (Å²) in [6.45, 7) is 1.61. The zero-order valence-corrected chi connectivity index (χ0v) is 20.3. The van der Waals surface area contributed by atoms with Crippen LogP contribution in [0, 0.1) is 11.6 Å². The molecule has 3 heterocycles. The lowest BCUT2D eigenvalue weighted by Gasteiger charge is -2.43. The predicted octanol–water partition coefficient (Wildman–Crippen LogP) is 3.39. The maximum absolute atomic E-state index is 14.6. The van der Waals surface area contributed by atoms with Crippen LogP contribution in [0.4, 0.5) is 14.5 Å². The quantitative estimate of drug-likeness (QED) is 0.259. The molecule has 0 saturated carbocycles. The van der Waals surface area contributed by atoms with Crippen molar-refractivity contribution in [3.8, 4) is 11.1 Å². The second kappa shape index (κ2) is 8.57. The molecular weight excluding hydrogens is 500 g/mol. The molecule has 196 valence electrons. The Hall–Kier alpha value is -3.90. The first-order valence-electron chi connectivity index (χ1n) is 11.9. The fourth-order valence-electron chi connectivity index (χ4n) is 5.30. The largest absolute Gasteiger partial charge is 0.390 e. The third-order valence-corrected chi connectivity index (χ3v) is 7.19. The molecule has 1 fully saturated rings. The molecule has 0 radical (unpaired) electrons. The average molecular weight is 523 g/mol. The Morgan fingerprint density at radius 3 is 2.47 bits per heavy atom. The fraction of sp³-hybridized carbons (Fsp3) is 0.259. The maximum Gasteiger partial charge on any atom is 0.259 e. The number of aromatic amines is 1. The molecule has 4 unspecified atom stereocenters. The number of nitrogens with one attached hydrogen (secondary N) is 3. The Morgan fingerprint density at radius 2 is 1.71 bits per heavy atom. The van der Waals surface area contributed by atoms with Crippen LogP contribution in [0.2, 0.25) is 0 Å². The van der Waals surface area contributed by atoms with Crippen LogP contribution in [0.25, 0.3) is 32.9 Å². The van der Waals surface area contributed by atoms with E-state index in [4.69, 9.17) is 9.47 Å². The summed E-state index contributed by atoms with van der Waals surface area (Å²) in [7, 11) is 1.41. The molecule has 0 aliphatic carbocycles. The van der Waals surface area contributed by atoms with Gasteiger partial charge < -0.3 is 30.0 Å². The minimum Gasteiger partial charge on any atom is -0.390 e. The molecule has 1 aromatic heterocycles. The number of imide groups is 1.